The fourth-order valence-corrected chi connectivity index (χ4v) is 2.91. The van der Waals surface area contributed by atoms with Gasteiger partial charge in [-0.3, -0.25) is 0 Å². The zero-order valence-electron chi connectivity index (χ0n) is 15.4. The van der Waals surface area contributed by atoms with Crippen LogP contribution in [0.1, 0.15) is 11.1 Å². The van der Waals surface area contributed by atoms with Gasteiger partial charge >= 0.3 is 0 Å². The summed E-state index contributed by atoms with van der Waals surface area (Å²) in [4.78, 5) is 0. The van der Waals surface area contributed by atoms with Gasteiger partial charge in [-0.05, 0) is 17.2 Å². The molecule has 3 unspecified atom stereocenters. The Hall–Kier alpha value is -2.40. The van der Waals surface area contributed by atoms with Gasteiger partial charge in [-0.15, -0.1) is 6.58 Å². The molecular weight excluding hydrogens is 340 g/mol. The molecule has 4 nitrogen and oxygen atoms in total. The van der Waals surface area contributed by atoms with Gasteiger partial charge in [0.2, 0.25) is 0 Å². The Morgan fingerprint density at radius 1 is 0.889 bits per heavy atom. The largest absolute Gasteiger partial charge is 0.493 e. The number of hydrogen-bond donors (Lipinski definition) is 0. The maximum absolute atomic E-state index is 6.21. The molecule has 0 saturated carbocycles. The van der Waals surface area contributed by atoms with Crippen molar-refractivity contribution in [1.29, 1.82) is 0 Å². The second-order valence-corrected chi connectivity index (χ2v) is 6.35. The lowest BCUT2D eigenvalue weighted by Gasteiger charge is -2.34. The molecular formula is C23H26O4. The first kappa shape index (κ1) is 19.4. The third-order valence-electron chi connectivity index (χ3n) is 4.30. The van der Waals surface area contributed by atoms with Gasteiger partial charge in [0.1, 0.15) is 18.3 Å². The second-order valence-electron chi connectivity index (χ2n) is 6.35. The van der Waals surface area contributed by atoms with Crippen molar-refractivity contribution >= 4 is 0 Å². The normalized spacial score (nSPS) is 21.6. The van der Waals surface area contributed by atoms with E-state index < -0.39 is 0 Å². The van der Waals surface area contributed by atoms with Crippen LogP contribution < -0.4 is 0 Å². The fraction of sp³-hybridized carbons (Fsp3) is 0.304. The lowest BCUT2D eigenvalue weighted by atomic mass is 10.1. The van der Waals surface area contributed by atoms with E-state index >= 15 is 0 Å². The van der Waals surface area contributed by atoms with E-state index in [0.29, 0.717) is 26.4 Å². The highest BCUT2D eigenvalue weighted by Gasteiger charge is 2.34. The second kappa shape index (κ2) is 10.7. The van der Waals surface area contributed by atoms with E-state index in [0.717, 1.165) is 11.1 Å². The molecule has 0 fully saturated rings. The maximum Gasteiger partial charge on any atom is 0.150 e. The summed E-state index contributed by atoms with van der Waals surface area (Å²) in [5, 5.41) is 0. The van der Waals surface area contributed by atoms with Crippen LogP contribution in [0.5, 0.6) is 0 Å². The molecule has 0 N–H and O–H groups in total. The van der Waals surface area contributed by atoms with Gasteiger partial charge in [0, 0.05) is 0 Å². The summed E-state index contributed by atoms with van der Waals surface area (Å²) in [5.41, 5.74) is 2.23. The van der Waals surface area contributed by atoms with Crippen molar-refractivity contribution in [2.24, 2.45) is 0 Å². The molecule has 0 aliphatic carbocycles. The molecule has 4 heteroatoms. The lowest BCUT2D eigenvalue weighted by Crippen LogP contribution is -2.45. The fourth-order valence-electron chi connectivity index (χ4n) is 2.91. The van der Waals surface area contributed by atoms with Gasteiger partial charge in [0.25, 0.3) is 0 Å². The summed E-state index contributed by atoms with van der Waals surface area (Å²) in [6.07, 6.45) is 4.60. The molecule has 0 amide bonds. The summed E-state index contributed by atoms with van der Waals surface area (Å²) in [7, 11) is 0. The molecule has 1 heterocycles. The highest BCUT2D eigenvalue weighted by atomic mass is 16.6. The molecule has 3 rings (SSSR count). The molecule has 3 atom stereocenters. The smallest absolute Gasteiger partial charge is 0.150 e. The third kappa shape index (κ3) is 6.07. The van der Waals surface area contributed by atoms with Crippen LogP contribution in [0.3, 0.4) is 0 Å². The van der Waals surface area contributed by atoms with Crippen LogP contribution in [0.4, 0.5) is 0 Å². The molecule has 2 aromatic carbocycles. The van der Waals surface area contributed by atoms with Gasteiger partial charge < -0.3 is 18.9 Å². The number of hydrogen-bond acceptors (Lipinski definition) is 4. The molecule has 0 aromatic heterocycles. The Morgan fingerprint density at radius 3 is 2.15 bits per heavy atom. The first-order chi connectivity index (χ1) is 13.4. The first-order valence-corrected chi connectivity index (χ1v) is 9.18. The maximum atomic E-state index is 6.21. The zero-order chi connectivity index (χ0) is 18.7. The van der Waals surface area contributed by atoms with Crippen LogP contribution in [0, 0.1) is 0 Å². The quantitative estimate of drug-likeness (QED) is 0.465. The minimum atomic E-state index is -0.260. The molecule has 0 spiro atoms. The van der Waals surface area contributed by atoms with E-state index in [1.807, 2.05) is 66.7 Å². The highest BCUT2D eigenvalue weighted by molar-refractivity contribution is 5.15. The molecule has 0 saturated heterocycles. The van der Waals surface area contributed by atoms with Crippen LogP contribution in [-0.2, 0) is 32.2 Å². The van der Waals surface area contributed by atoms with Gasteiger partial charge in [0.15, 0.2) is 0 Å². The minimum absolute atomic E-state index is 0.208. The number of ether oxygens (including phenoxy) is 4. The Kier molecular flexibility index (Phi) is 7.66. The highest BCUT2D eigenvalue weighted by Crippen LogP contribution is 2.22. The molecule has 1 aliphatic heterocycles. The zero-order valence-corrected chi connectivity index (χ0v) is 15.4. The average molecular weight is 366 g/mol. The predicted octanol–water partition coefficient (Wildman–Crippen LogP) is 4.27. The van der Waals surface area contributed by atoms with Crippen LogP contribution in [0.15, 0.2) is 85.7 Å². The van der Waals surface area contributed by atoms with Gasteiger partial charge in [-0.25, -0.2) is 0 Å². The van der Waals surface area contributed by atoms with E-state index in [-0.39, 0.29) is 18.3 Å². The summed E-state index contributed by atoms with van der Waals surface area (Å²) in [6.45, 7) is 5.58. The number of rotatable bonds is 10. The molecule has 27 heavy (non-hydrogen) atoms. The van der Waals surface area contributed by atoms with Crippen LogP contribution >= 0.6 is 0 Å². The minimum Gasteiger partial charge on any atom is -0.493 e. The van der Waals surface area contributed by atoms with E-state index in [1.54, 1.807) is 12.3 Å². The predicted molar refractivity (Wildman–Crippen MR) is 105 cm³/mol. The Balaban J connectivity index is 1.64. The topological polar surface area (TPSA) is 36.9 Å². The Morgan fingerprint density at radius 2 is 1.52 bits per heavy atom. The summed E-state index contributed by atoms with van der Waals surface area (Å²) in [5.74, 6) is 0. The molecule has 142 valence electrons. The van der Waals surface area contributed by atoms with Crippen molar-refractivity contribution in [3.05, 3.63) is 96.8 Å². The monoisotopic (exact) mass is 366 g/mol. The summed E-state index contributed by atoms with van der Waals surface area (Å²) >= 11 is 0. The Labute approximate surface area is 161 Å². The number of benzene rings is 2. The molecule has 2 aromatic rings. The van der Waals surface area contributed by atoms with Crippen molar-refractivity contribution in [2.45, 2.75) is 31.5 Å². The first-order valence-electron chi connectivity index (χ1n) is 9.18. The third-order valence-corrected chi connectivity index (χ3v) is 4.30. The van der Waals surface area contributed by atoms with Crippen LogP contribution in [0.25, 0.3) is 0 Å². The van der Waals surface area contributed by atoms with Crippen molar-refractivity contribution in [1.82, 2.24) is 0 Å². The van der Waals surface area contributed by atoms with Crippen molar-refractivity contribution in [3.63, 3.8) is 0 Å². The van der Waals surface area contributed by atoms with Crippen LogP contribution in [0.2, 0.25) is 0 Å². The molecule has 0 bridgehead atoms. The van der Waals surface area contributed by atoms with Crippen molar-refractivity contribution in [3.8, 4) is 0 Å². The van der Waals surface area contributed by atoms with Gasteiger partial charge in [-0.2, -0.15) is 0 Å². The van der Waals surface area contributed by atoms with E-state index in [4.69, 9.17) is 18.9 Å². The van der Waals surface area contributed by atoms with E-state index in [9.17, 15) is 0 Å². The standard InChI is InChI=1S/C23H26O4/c1-2-14-24-18-22-23(27-17-20-11-7-4-8-12-20)21(13-15-25-22)26-16-19-9-5-3-6-10-19/h2-13,15,21-23H,1,14,16-18H2. The average Bonchev–Trinajstić information content (AvgIpc) is 2.73. The van der Waals surface area contributed by atoms with Gasteiger partial charge in [0.05, 0.1) is 32.7 Å². The SMILES string of the molecule is C=CCOCC1OC=CC(OCc2ccccc2)C1OCc1ccccc1. The summed E-state index contributed by atoms with van der Waals surface area (Å²) in [6, 6.07) is 20.2. The Bertz CT molecular complexity index is 699. The van der Waals surface area contributed by atoms with Gasteiger partial charge in [-0.1, -0.05) is 66.7 Å². The lowest BCUT2D eigenvalue weighted by molar-refractivity contribution is -0.144. The van der Waals surface area contributed by atoms with Crippen molar-refractivity contribution < 1.29 is 18.9 Å². The van der Waals surface area contributed by atoms with E-state index in [2.05, 4.69) is 6.58 Å². The van der Waals surface area contributed by atoms with Crippen molar-refractivity contribution in [2.75, 3.05) is 13.2 Å². The summed E-state index contributed by atoms with van der Waals surface area (Å²) < 4.78 is 23.7. The molecule has 1 aliphatic rings. The van der Waals surface area contributed by atoms with E-state index in [1.165, 1.54) is 0 Å². The van der Waals surface area contributed by atoms with Crippen LogP contribution in [-0.4, -0.2) is 31.5 Å². The molecule has 0 radical (unpaired) electrons.